The number of fused-ring (bicyclic) bond motifs is 1. The lowest BCUT2D eigenvalue weighted by Gasteiger charge is -2.35. The van der Waals surface area contributed by atoms with Gasteiger partial charge in [0, 0.05) is 49.8 Å². The van der Waals surface area contributed by atoms with E-state index in [1.165, 1.54) is 0 Å². The Bertz CT molecular complexity index is 957. The van der Waals surface area contributed by atoms with Crippen molar-refractivity contribution >= 4 is 16.7 Å². The first-order chi connectivity index (χ1) is 12.1. The lowest BCUT2D eigenvalue weighted by atomic mass is 10.2. The van der Waals surface area contributed by atoms with E-state index in [9.17, 15) is 4.79 Å². The number of rotatable bonds is 2. The maximum atomic E-state index is 12.7. The van der Waals surface area contributed by atoms with E-state index >= 15 is 0 Å². The summed E-state index contributed by atoms with van der Waals surface area (Å²) in [4.78, 5) is 21.7. The average Bonchev–Trinajstić information content (AvgIpc) is 2.62. The number of pyridine rings is 2. The van der Waals surface area contributed by atoms with Crippen molar-refractivity contribution in [3.8, 4) is 5.69 Å². The van der Waals surface area contributed by atoms with Gasteiger partial charge in [0.1, 0.15) is 5.82 Å². The first-order valence-electron chi connectivity index (χ1n) is 8.65. The molecule has 5 nitrogen and oxygen atoms in total. The van der Waals surface area contributed by atoms with Gasteiger partial charge >= 0.3 is 0 Å². The Labute approximate surface area is 147 Å². The molecule has 3 aromatic rings. The molecule has 0 amide bonds. The van der Waals surface area contributed by atoms with Crippen molar-refractivity contribution in [2.75, 3.05) is 38.1 Å². The van der Waals surface area contributed by atoms with E-state index in [-0.39, 0.29) is 5.43 Å². The van der Waals surface area contributed by atoms with Crippen LogP contribution in [-0.2, 0) is 0 Å². The molecule has 4 rings (SSSR count). The largest absolute Gasteiger partial charge is 0.355 e. The third kappa shape index (κ3) is 2.91. The highest BCUT2D eigenvalue weighted by Gasteiger charge is 2.20. The molecule has 1 aliphatic rings. The maximum absolute atomic E-state index is 12.7. The first-order valence-corrected chi connectivity index (χ1v) is 8.65. The number of nitrogens with zero attached hydrogens (tertiary/aromatic N) is 4. The van der Waals surface area contributed by atoms with Gasteiger partial charge in [0.25, 0.3) is 0 Å². The van der Waals surface area contributed by atoms with Crippen LogP contribution < -0.4 is 10.3 Å². The predicted molar refractivity (Wildman–Crippen MR) is 102 cm³/mol. The summed E-state index contributed by atoms with van der Waals surface area (Å²) in [5.74, 6) is 0.961. The monoisotopic (exact) mass is 334 g/mol. The van der Waals surface area contributed by atoms with Crippen molar-refractivity contribution in [2.24, 2.45) is 0 Å². The number of piperazine rings is 1. The topological polar surface area (TPSA) is 41.4 Å². The fourth-order valence-electron chi connectivity index (χ4n) is 3.42. The van der Waals surface area contributed by atoms with Gasteiger partial charge in [-0.25, -0.2) is 0 Å². The lowest BCUT2D eigenvalue weighted by Crippen LogP contribution is -2.45. The van der Waals surface area contributed by atoms with Crippen molar-refractivity contribution in [1.29, 1.82) is 0 Å². The zero-order chi connectivity index (χ0) is 17.4. The summed E-state index contributed by atoms with van der Waals surface area (Å²) < 4.78 is 2.19. The van der Waals surface area contributed by atoms with Gasteiger partial charge in [-0.2, -0.15) is 0 Å². The third-order valence-corrected chi connectivity index (χ3v) is 4.86. The summed E-state index contributed by atoms with van der Waals surface area (Å²) in [5, 5.41) is 0.660. The second-order valence-electron chi connectivity index (χ2n) is 6.67. The summed E-state index contributed by atoms with van der Waals surface area (Å²) in [5.41, 5.74) is 2.92. The fraction of sp³-hybridized carbons (Fsp3) is 0.300. The molecule has 0 atom stereocenters. The van der Waals surface area contributed by atoms with Crippen molar-refractivity contribution in [3.63, 3.8) is 0 Å². The summed E-state index contributed by atoms with van der Waals surface area (Å²) >= 11 is 0. The van der Waals surface area contributed by atoms with Crippen LogP contribution in [0.1, 0.15) is 5.69 Å². The molecule has 3 heterocycles. The number of anilines is 1. The Morgan fingerprint density at radius 1 is 1.00 bits per heavy atom. The Hall–Kier alpha value is -2.66. The van der Waals surface area contributed by atoms with Crippen LogP contribution >= 0.6 is 0 Å². The van der Waals surface area contributed by atoms with Gasteiger partial charge in [-0.15, -0.1) is 0 Å². The van der Waals surface area contributed by atoms with Gasteiger partial charge < -0.3 is 9.80 Å². The molecule has 25 heavy (non-hydrogen) atoms. The van der Waals surface area contributed by atoms with Gasteiger partial charge in [0.2, 0.25) is 0 Å². The SMILES string of the molecule is Cc1cc2c(cn1)c(=O)cc(N1CCN(C)CC1)n2-c1ccccc1. The van der Waals surface area contributed by atoms with Crippen molar-refractivity contribution < 1.29 is 0 Å². The fourth-order valence-corrected chi connectivity index (χ4v) is 3.42. The zero-order valence-corrected chi connectivity index (χ0v) is 14.6. The van der Waals surface area contributed by atoms with Crippen LogP contribution in [0.25, 0.3) is 16.6 Å². The van der Waals surface area contributed by atoms with Crippen LogP contribution in [0.15, 0.2) is 53.5 Å². The molecular formula is C20H22N4O. The molecule has 0 aliphatic carbocycles. The molecule has 1 aliphatic heterocycles. The minimum Gasteiger partial charge on any atom is -0.355 e. The molecule has 5 heteroatoms. The Morgan fingerprint density at radius 3 is 2.44 bits per heavy atom. The molecule has 0 radical (unpaired) electrons. The maximum Gasteiger partial charge on any atom is 0.193 e. The molecule has 0 bridgehead atoms. The molecular weight excluding hydrogens is 312 g/mol. The van der Waals surface area contributed by atoms with Crippen LogP contribution in [0.4, 0.5) is 5.82 Å². The molecule has 1 aromatic carbocycles. The van der Waals surface area contributed by atoms with E-state index in [4.69, 9.17) is 0 Å². The number of hydrogen-bond donors (Lipinski definition) is 0. The van der Waals surface area contributed by atoms with E-state index in [1.807, 2.05) is 31.2 Å². The highest BCUT2D eigenvalue weighted by atomic mass is 16.1. The van der Waals surface area contributed by atoms with Gasteiger partial charge in [-0.1, -0.05) is 18.2 Å². The molecule has 128 valence electrons. The minimum atomic E-state index is 0.0311. The van der Waals surface area contributed by atoms with Crippen LogP contribution in [0.2, 0.25) is 0 Å². The lowest BCUT2D eigenvalue weighted by molar-refractivity contribution is 0.311. The number of benzene rings is 1. The minimum absolute atomic E-state index is 0.0311. The first kappa shape index (κ1) is 15.8. The second kappa shape index (κ2) is 6.33. The Morgan fingerprint density at radius 2 is 1.72 bits per heavy atom. The van der Waals surface area contributed by atoms with Crippen LogP contribution in [0.3, 0.4) is 0 Å². The molecule has 1 saturated heterocycles. The molecule has 0 spiro atoms. The predicted octanol–water partition coefficient (Wildman–Crippen LogP) is 2.45. The van der Waals surface area contributed by atoms with E-state index in [1.54, 1.807) is 12.3 Å². The molecule has 0 saturated carbocycles. The molecule has 2 aromatic heterocycles. The Kier molecular flexibility index (Phi) is 4.01. The summed E-state index contributed by atoms with van der Waals surface area (Å²) in [6.45, 7) is 5.78. The van der Waals surface area contributed by atoms with Gasteiger partial charge in [-0.3, -0.25) is 14.3 Å². The van der Waals surface area contributed by atoms with Gasteiger partial charge in [0.05, 0.1) is 10.9 Å². The Balaban J connectivity index is 2.00. The normalized spacial score (nSPS) is 15.7. The summed E-state index contributed by atoms with van der Waals surface area (Å²) in [6.07, 6.45) is 1.69. The van der Waals surface area contributed by atoms with Crippen LogP contribution in [-0.4, -0.2) is 47.7 Å². The van der Waals surface area contributed by atoms with E-state index in [2.05, 4.69) is 38.5 Å². The van der Waals surface area contributed by atoms with E-state index in [0.717, 1.165) is 48.9 Å². The molecule has 1 fully saturated rings. The highest BCUT2D eigenvalue weighted by molar-refractivity contribution is 5.83. The number of para-hydroxylation sites is 1. The number of aryl methyl sites for hydroxylation is 1. The number of aromatic nitrogens is 2. The van der Waals surface area contributed by atoms with Crippen LogP contribution in [0.5, 0.6) is 0 Å². The zero-order valence-electron chi connectivity index (χ0n) is 14.6. The molecule has 0 N–H and O–H groups in total. The average molecular weight is 334 g/mol. The smallest absolute Gasteiger partial charge is 0.193 e. The standard InChI is InChI=1S/C20H22N4O/c1-15-12-18-17(14-21-15)19(25)13-20(23-10-8-22(2)9-11-23)24(18)16-6-4-3-5-7-16/h3-7,12-14H,8-11H2,1-2H3. The van der Waals surface area contributed by atoms with Gasteiger partial charge in [-0.05, 0) is 32.2 Å². The van der Waals surface area contributed by atoms with Crippen LogP contribution in [0, 0.1) is 6.92 Å². The van der Waals surface area contributed by atoms with Crippen molar-refractivity contribution in [1.82, 2.24) is 14.5 Å². The van der Waals surface area contributed by atoms with Crippen molar-refractivity contribution in [2.45, 2.75) is 6.92 Å². The van der Waals surface area contributed by atoms with Crippen molar-refractivity contribution in [3.05, 3.63) is 64.6 Å². The number of likely N-dealkylation sites (N-methyl/N-ethyl adjacent to an activating group) is 1. The summed E-state index contributed by atoms with van der Waals surface area (Å²) in [7, 11) is 2.14. The number of hydrogen-bond acceptors (Lipinski definition) is 4. The van der Waals surface area contributed by atoms with E-state index in [0.29, 0.717) is 5.39 Å². The highest BCUT2D eigenvalue weighted by Crippen LogP contribution is 2.26. The summed E-state index contributed by atoms with van der Waals surface area (Å²) in [6, 6.07) is 14.0. The van der Waals surface area contributed by atoms with E-state index < -0.39 is 0 Å². The quantitative estimate of drug-likeness (QED) is 0.722. The molecule has 0 unspecified atom stereocenters. The second-order valence-corrected chi connectivity index (χ2v) is 6.67. The van der Waals surface area contributed by atoms with Gasteiger partial charge in [0.15, 0.2) is 5.43 Å². The third-order valence-electron chi connectivity index (χ3n) is 4.86.